The highest BCUT2D eigenvalue weighted by atomic mass is 15.1. The lowest BCUT2D eigenvalue weighted by atomic mass is 9.82. The van der Waals surface area contributed by atoms with Gasteiger partial charge in [0, 0.05) is 6.20 Å². The Morgan fingerprint density at radius 3 is 2.81 bits per heavy atom. The minimum absolute atomic E-state index is 0.216. The molecule has 2 aromatic rings. The van der Waals surface area contributed by atoms with Crippen molar-refractivity contribution < 1.29 is 0 Å². The average molecular weight is 215 g/mol. The van der Waals surface area contributed by atoms with Crippen LogP contribution >= 0.6 is 0 Å². The number of nitrogens with two attached hydrogens (primary N) is 1. The summed E-state index contributed by atoms with van der Waals surface area (Å²) < 4.78 is 2.13. The standard InChI is InChI=1S/C13H17N3/c14-13(7-3-1-4-8-13)12-15-10-11-6-2-5-9-16(11)12/h2,5-6,9-10H,1,3-4,7-8,14H2. The lowest BCUT2D eigenvalue weighted by molar-refractivity contribution is 0.286. The second-order valence-corrected chi connectivity index (χ2v) is 4.79. The van der Waals surface area contributed by atoms with Crippen LogP contribution in [0.3, 0.4) is 0 Å². The predicted octanol–water partition coefficient (Wildman–Crippen LogP) is 2.45. The van der Waals surface area contributed by atoms with Gasteiger partial charge >= 0.3 is 0 Å². The van der Waals surface area contributed by atoms with Gasteiger partial charge in [0.1, 0.15) is 5.82 Å². The molecule has 2 aromatic heterocycles. The molecule has 0 amide bonds. The number of nitrogens with zero attached hydrogens (tertiary/aromatic N) is 2. The van der Waals surface area contributed by atoms with E-state index in [2.05, 4.69) is 21.6 Å². The van der Waals surface area contributed by atoms with Crippen LogP contribution in [0.1, 0.15) is 37.9 Å². The zero-order chi connectivity index (χ0) is 11.0. The first-order chi connectivity index (χ1) is 7.80. The van der Waals surface area contributed by atoms with Gasteiger partial charge in [-0.25, -0.2) is 4.98 Å². The first-order valence-electron chi connectivity index (χ1n) is 6.01. The van der Waals surface area contributed by atoms with Crippen LogP contribution in [0.4, 0.5) is 0 Å². The fraction of sp³-hybridized carbons (Fsp3) is 0.462. The molecule has 3 rings (SSSR count). The molecule has 3 nitrogen and oxygen atoms in total. The number of rotatable bonds is 1. The number of pyridine rings is 1. The molecule has 0 aliphatic heterocycles. The van der Waals surface area contributed by atoms with Gasteiger partial charge in [0.25, 0.3) is 0 Å². The second-order valence-electron chi connectivity index (χ2n) is 4.79. The Morgan fingerprint density at radius 2 is 2.00 bits per heavy atom. The highest BCUT2D eigenvalue weighted by Crippen LogP contribution is 2.34. The Morgan fingerprint density at radius 1 is 1.19 bits per heavy atom. The normalized spacial score (nSPS) is 20.1. The van der Waals surface area contributed by atoms with E-state index in [1.807, 2.05) is 18.3 Å². The molecule has 2 heterocycles. The van der Waals surface area contributed by atoms with E-state index >= 15 is 0 Å². The van der Waals surface area contributed by atoms with Crippen molar-refractivity contribution in [2.45, 2.75) is 37.6 Å². The van der Waals surface area contributed by atoms with E-state index < -0.39 is 0 Å². The zero-order valence-corrected chi connectivity index (χ0v) is 9.39. The summed E-state index contributed by atoms with van der Waals surface area (Å²) in [5, 5.41) is 0. The quantitative estimate of drug-likeness (QED) is 0.794. The van der Waals surface area contributed by atoms with Crippen molar-refractivity contribution in [3.63, 3.8) is 0 Å². The van der Waals surface area contributed by atoms with Gasteiger partial charge in [0.15, 0.2) is 0 Å². The predicted molar refractivity (Wildman–Crippen MR) is 64.1 cm³/mol. The maximum Gasteiger partial charge on any atom is 0.133 e. The lowest BCUT2D eigenvalue weighted by Crippen LogP contribution is -2.40. The van der Waals surface area contributed by atoms with Crippen LogP contribution in [0.25, 0.3) is 5.52 Å². The number of imidazole rings is 1. The van der Waals surface area contributed by atoms with Crippen molar-refractivity contribution in [2.75, 3.05) is 0 Å². The number of fused-ring (bicyclic) bond motifs is 1. The molecule has 0 spiro atoms. The van der Waals surface area contributed by atoms with Gasteiger partial charge in [0.2, 0.25) is 0 Å². The molecule has 16 heavy (non-hydrogen) atoms. The monoisotopic (exact) mass is 215 g/mol. The Hall–Kier alpha value is -1.35. The largest absolute Gasteiger partial charge is 0.319 e. The van der Waals surface area contributed by atoms with Crippen LogP contribution in [-0.2, 0) is 5.54 Å². The first kappa shape index (κ1) is 9.85. The second kappa shape index (κ2) is 3.59. The highest BCUT2D eigenvalue weighted by molar-refractivity contribution is 5.46. The van der Waals surface area contributed by atoms with Gasteiger partial charge < -0.3 is 10.1 Å². The Bertz CT molecular complexity index is 495. The Balaban J connectivity index is 2.11. The summed E-state index contributed by atoms with van der Waals surface area (Å²) in [6.45, 7) is 0. The summed E-state index contributed by atoms with van der Waals surface area (Å²) in [4.78, 5) is 4.53. The number of aromatic nitrogens is 2. The van der Waals surface area contributed by atoms with E-state index in [4.69, 9.17) is 5.73 Å². The van der Waals surface area contributed by atoms with Crippen molar-refractivity contribution in [1.82, 2.24) is 9.38 Å². The van der Waals surface area contributed by atoms with E-state index in [1.165, 1.54) is 19.3 Å². The molecule has 3 heteroatoms. The van der Waals surface area contributed by atoms with Crippen molar-refractivity contribution in [2.24, 2.45) is 5.73 Å². The lowest BCUT2D eigenvalue weighted by Gasteiger charge is -2.32. The van der Waals surface area contributed by atoms with E-state index in [9.17, 15) is 0 Å². The maximum atomic E-state index is 6.51. The Kier molecular flexibility index (Phi) is 2.21. The molecule has 0 saturated heterocycles. The maximum absolute atomic E-state index is 6.51. The minimum atomic E-state index is -0.216. The molecule has 84 valence electrons. The fourth-order valence-corrected chi connectivity index (χ4v) is 2.72. The molecular weight excluding hydrogens is 198 g/mol. The van der Waals surface area contributed by atoms with Crippen LogP contribution in [0.15, 0.2) is 30.6 Å². The summed E-state index contributed by atoms with van der Waals surface area (Å²) in [7, 11) is 0. The zero-order valence-electron chi connectivity index (χ0n) is 9.39. The van der Waals surface area contributed by atoms with Gasteiger partial charge in [-0.15, -0.1) is 0 Å². The van der Waals surface area contributed by atoms with Crippen LogP contribution in [0.2, 0.25) is 0 Å². The number of hydrogen-bond acceptors (Lipinski definition) is 2. The van der Waals surface area contributed by atoms with Gasteiger partial charge in [-0.3, -0.25) is 0 Å². The van der Waals surface area contributed by atoms with Gasteiger partial charge in [0.05, 0.1) is 17.3 Å². The third kappa shape index (κ3) is 1.43. The summed E-state index contributed by atoms with van der Waals surface area (Å²) in [5.41, 5.74) is 7.42. The third-order valence-corrected chi connectivity index (χ3v) is 3.63. The molecule has 1 fully saturated rings. The molecule has 0 radical (unpaired) electrons. The Labute approximate surface area is 95.3 Å². The summed E-state index contributed by atoms with van der Waals surface area (Å²) in [6.07, 6.45) is 9.83. The molecule has 1 saturated carbocycles. The van der Waals surface area contributed by atoms with Crippen molar-refractivity contribution in [1.29, 1.82) is 0 Å². The van der Waals surface area contributed by atoms with E-state index in [0.717, 1.165) is 24.2 Å². The molecule has 0 bridgehead atoms. The highest BCUT2D eigenvalue weighted by Gasteiger charge is 2.33. The smallest absolute Gasteiger partial charge is 0.133 e. The average Bonchev–Trinajstić information content (AvgIpc) is 2.74. The molecule has 0 unspecified atom stereocenters. The summed E-state index contributed by atoms with van der Waals surface area (Å²) in [6, 6.07) is 6.14. The van der Waals surface area contributed by atoms with E-state index in [1.54, 1.807) is 0 Å². The van der Waals surface area contributed by atoms with Crippen molar-refractivity contribution >= 4 is 5.52 Å². The third-order valence-electron chi connectivity index (χ3n) is 3.63. The molecule has 0 atom stereocenters. The van der Waals surface area contributed by atoms with Crippen molar-refractivity contribution in [3.05, 3.63) is 36.4 Å². The van der Waals surface area contributed by atoms with Crippen LogP contribution in [0.5, 0.6) is 0 Å². The van der Waals surface area contributed by atoms with Crippen LogP contribution in [0, 0.1) is 0 Å². The molecule has 1 aliphatic rings. The number of hydrogen-bond donors (Lipinski definition) is 1. The fourth-order valence-electron chi connectivity index (χ4n) is 2.72. The summed E-state index contributed by atoms with van der Waals surface area (Å²) >= 11 is 0. The van der Waals surface area contributed by atoms with E-state index in [0.29, 0.717) is 0 Å². The van der Waals surface area contributed by atoms with Crippen molar-refractivity contribution in [3.8, 4) is 0 Å². The molecule has 1 aliphatic carbocycles. The van der Waals surface area contributed by atoms with Gasteiger partial charge in [-0.2, -0.15) is 0 Å². The first-order valence-corrected chi connectivity index (χ1v) is 6.01. The van der Waals surface area contributed by atoms with Gasteiger partial charge in [-0.05, 0) is 25.0 Å². The topological polar surface area (TPSA) is 43.3 Å². The molecule has 2 N–H and O–H groups in total. The molecular formula is C13H17N3. The SMILES string of the molecule is NC1(c2ncc3ccccn23)CCCCC1. The summed E-state index contributed by atoms with van der Waals surface area (Å²) in [5.74, 6) is 1.03. The van der Waals surface area contributed by atoms with Crippen LogP contribution < -0.4 is 5.73 Å². The van der Waals surface area contributed by atoms with Gasteiger partial charge in [-0.1, -0.05) is 25.3 Å². The minimum Gasteiger partial charge on any atom is -0.319 e. The van der Waals surface area contributed by atoms with E-state index in [-0.39, 0.29) is 5.54 Å². The van der Waals surface area contributed by atoms with Crippen LogP contribution in [-0.4, -0.2) is 9.38 Å². The molecule has 0 aromatic carbocycles.